The molecule has 0 saturated heterocycles. The summed E-state index contributed by atoms with van der Waals surface area (Å²) in [6.07, 6.45) is 0. The molecule has 0 aromatic heterocycles. The highest BCUT2D eigenvalue weighted by Gasteiger charge is 2.34. The van der Waals surface area contributed by atoms with E-state index in [1.807, 2.05) is 19.2 Å². The van der Waals surface area contributed by atoms with Gasteiger partial charge in [0.2, 0.25) is 0 Å². The highest BCUT2D eigenvalue weighted by Crippen LogP contribution is 2.29. The van der Waals surface area contributed by atoms with Gasteiger partial charge in [0.25, 0.3) is 11.8 Å². The van der Waals surface area contributed by atoms with Crippen LogP contribution >= 0.6 is 0 Å². The second-order valence-electron chi connectivity index (χ2n) is 4.51. The first kappa shape index (κ1) is 9.54. The van der Waals surface area contributed by atoms with Gasteiger partial charge in [-0.2, -0.15) is 0 Å². The molecule has 2 heterocycles. The fourth-order valence-electron chi connectivity index (χ4n) is 2.43. The van der Waals surface area contributed by atoms with Crippen molar-refractivity contribution in [3.05, 3.63) is 34.4 Å². The Morgan fingerprint density at radius 3 is 1.81 bits per heavy atom. The lowest BCUT2D eigenvalue weighted by Gasteiger charge is -2.04. The molecule has 1 aromatic rings. The van der Waals surface area contributed by atoms with E-state index < -0.39 is 0 Å². The number of benzene rings is 1. The van der Waals surface area contributed by atoms with E-state index in [2.05, 4.69) is 4.90 Å². The fraction of sp³-hybridized carbons (Fsp3) is 0.333. The molecule has 0 N–H and O–H groups in total. The fourth-order valence-corrected chi connectivity index (χ4v) is 2.43. The minimum Gasteiger partial charge on any atom is -0.298 e. The van der Waals surface area contributed by atoms with Crippen LogP contribution in [0, 0.1) is 0 Å². The molecule has 2 aliphatic rings. The predicted octanol–water partition coefficient (Wildman–Crippen LogP) is 0.858. The molecule has 0 atom stereocenters. The van der Waals surface area contributed by atoms with Gasteiger partial charge in [0, 0.05) is 20.1 Å². The molecule has 0 spiro atoms. The van der Waals surface area contributed by atoms with E-state index in [-0.39, 0.29) is 11.8 Å². The Bertz CT molecular complexity index is 477. The normalized spacial score (nSPS) is 19.2. The van der Waals surface area contributed by atoms with Crippen molar-refractivity contribution in [3.63, 3.8) is 0 Å². The summed E-state index contributed by atoms with van der Waals surface area (Å²) in [6.45, 7) is 1.71. The summed E-state index contributed by atoms with van der Waals surface area (Å²) in [5, 5.41) is 0. The number of carbonyl (C=O) groups excluding carboxylic acids is 2. The lowest BCUT2D eigenvalue weighted by Crippen LogP contribution is -2.24. The molecule has 2 aliphatic heterocycles. The number of carbonyl (C=O) groups is 2. The molecule has 0 radical (unpaired) electrons. The van der Waals surface area contributed by atoms with Crippen molar-refractivity contribution < 1.29 is 9.59 Å². The molecule has 2 amide bonds. The van der Waals surface area contributed by atoms with Crippen molar-refractivity contribution in [2.75, 3.05) is 14.1 Å². The summed E-state index contributed by atoms with van der Waals surface area (Å²) in [5.74, 6) is -0.366. The van der Waals surface area contributed by atoms with Gasteiger partial charge in [-0.3, -0.25) is 19.4 Å². The molecule has 0 saturated carbocycles. The minimum absolute atomic E-state index is 0.183. The maximum atomic E-state index is 11.8. The highest BCUT2D eigenvalue weighted by molar-refractivity contribution is 6.21. The van der Waals surface area contributed by atoms with Crippen LogP contribution < -0.4 is 0 Å². The van der Waals surface area contributed by atoms with E-state index in [1.165, 1.54) is 11.9 Å². The van der Waals surface area contributed by atoms with Gasteiger partial charge < -0.3 is 0 Å². The average Bonchev–Trinajstić information content (AvgIpc) is 2.70. The Kier molecular flexibility index (Phi) is 1.74. The standard InChI is InChI=1S/C12H12N2O2/c1-13-5-7-3-9-10(4-8(7)6-13)12(16)14(2)11(9)15/h3-4H,5-6H2,1-2H3. The largest absolute Gasteiger partial charge is 0.298 e. The summed E-state index contributed by atoms with van der Waals surface area (Å²) in [4.78, 5) is 26.9. The number of fused-ring (bicyclic) bond motifs is 2. The van der Waals surface area contributed by atoms with Crippen LogP contribution in [0.25, 0.3) is 0 Å². The van der Waals surface area contributed by atoms with Gasteiger partial charge in [-0.25, -0.2) is 0 Å². The van der Waals surface area contributed by atoms with Gasteiger partial charge in [-0.05, 0) is 30.3 Å². The van der Waals surface area contributed by atoms with E-state index in [0.29, 0.717) is 11.1 Å². The molecule has 0 unspecified atom stereocenters. The van der Waals surface area contributed by atoms with Crippen molar-refractivity contribution in [3.8, 4) is 0 Å². The lowest BCUT2D eigenvalue weighted by atomic mass is 10.0. The smallest absolute Gasteiger partial charge is 0.261 e. The van der Waals surface area contributed by atoms with Gasteiger partial charge in [0.15, 0.2) is 0 Å². The number of amides is 2. The van der Waals surface area contributed by atoms with E-state index in [4.69, 9.17) is 0 Å². The van der Waals surface area contributed by atoms with Crippen molar-refractivity contribution in [2.45, 2.75) is 13.1 Å². The molecule has 16 heavy (non-hydrogen) atoms. The molecule has 0 aliphatic carbocycles. The van der Waals surface area contributed by atoms with Gasteiger partial charge in [-0.1, -0.05) is 0 Å². The topological polar surface area (TPSA) is 40.6 Å². The van der Waals surface area contributed by atoms with Crippen molar-refractivity contribution in [2.24, 2.45) is 0 Å². The van der Waals surface area contributed by atoms with Gasteiger partial charge in [-0.15, -0.1) is 0 Å². The quantitative estimate of drug-likeness (QED) is 0.604. The van der Waals surface area contributed by atoms with Crippen LogP contribution in [-0.4, -0.2) is 35.7 Å². The monoisotopic (exact) mass is 216 g/mol. The Morgan fingerprint density at radius 1 is 0.938 bits per heavy atom. The number of nitrogens with zero attached hydrogens (tertiary/aromatic N) is 2. The SMILES string of the molecule is CN1Cc2cc3c(cc2C1)C(=O)N(C)C3=O. The minimum atomic E-state index is -0.183. The zero-order valence-electron chi connectivity index (χ0n) is 9.28. The van der Waals surface area contributed by atoms with Crippen molar-refractivity contribution in [1.29, 1.82) is 0 Å². The molecule has 4 heteroatoms. The summed E-state index contributed by atoms with van der Waals surface area (Å²) in [6, 6.07) is 3.75. The third-order valence-electron chi connectivity index (χ3n) is 3.29. The highest BCUT2D eigenvalue weighted by atomic mass is 16.2. The second-order valence-corrected chi connectivity index (χ2v) is 4.51. The van der Waals surface area contributed by atoms with Crippen LogP contribution in [0.1, 0.15) is 31.8 Å². The van der Waals surface area contributed by atoms with Crippen LogP contribution in [0.4, 0.5) is 0 Å². The number of hydrogen-bond donors (Lipinski definition) is 0. The molecule has 82 valence electrons. The first-order valence-corrected chi connectivity index (χ1v) is 5.24. The Morgan fingerprint density at radius 2 is 1.38 bits per heavy atom. The van der Waals surface area contributed by atoms with E-state index in [1.54, 1.807) is 0 Å². The van der Waals surface area contributed by atoms with Crippen LogP contribution in [0.3, 0.4) is 0 Å². The predicted molar refractivity (Wildman–Crippen MR) is 58.0 cm³/mol. The molecular weight excluding hydrogens is 204 g/mol. The molecule has 3 rings (SSSR count). The second kappa shape index (κ2) is 2.92. The maximum Gasteiger partial charge on any atom is 0.261 e. The molecule has 4 nitrogen and oxygen atoms in total. The number of hydrogen-bond acceptors (Lipinski definition) is 3. The summed E-state index contributed by atoms with van der Waals surface area (Å²) >= 11 is 0. The summed E-state index contributed by atoms with van der Waals surface area (Å²) < 4.78 is 0. The molecule has 0 fully saturated rings. The molecule has 1 aromatic carbocycles. The maximum absolute atomic E-state index is 11.8. The van der Waals surface area contributed by atoms with Gasteiger partial charge >= 0.3 is 0 Å². The summed E-state index contributed by atoms with van der Waals surface area (Å²) in [7, 11) is 3.56. The van der Waals surface area contributed by atoms with Gasteiger partial charge in [0.1, 0.15) is 0 Å². The van der Waals surface area contributed by atoms with Crippen LogP contribution in [0.2, 0.25) is 0 Å². The zero-order valence-corrected chi connectivity index (χ0v) is 9.28. The van der Waals surface area contributed by atoms with Gasteiger partial charge in [0.05, 0.1) is 11.1 Å². The third-order valence-corrected chi connectivity index (χ3v) is 3.29. The van der Waals surface area contributed by atoms with E-state index in [9.17, 15) is 9.59 Å². The number of rotatable bonds is 0. The summed E-state index contributed by atoms with van der Waals surface area (Å²) in [5.41, 5.74) is 3.44. The number of imide groups is 1. The van der Waals surface area contributed by atoms with E-state index in [0.717, 1.165) is 24.2 Å². The lowest BCUT2D eigenvalue weighted by molar-refractivity contribution is 0.0693. The Balaban J connectivity index is 2.18. The molecular formula is C12H12N2O2. The zero-order chi connectivity index (χ0) is 11.4. The van der Waals surface area contributed by atoms with Crippen molar-refractivity contribution in [1.82, 2.24) is 9.80 Å². The van der Waals surface area contributed by atoms with Crippen molar-refractivity contribution >= 4 is 11.8 Å². The first-order chi connectivity index (χ1) is 7.58. The average molecular weight is 216 g/mol. The van der Waals surface area contributed by atoms with E-state index >= 15 is 0 Å². The van der Waals surface area contributed by atoms with Crippen LogP contribution in [0.5, 0.6) is 0 Å². The molecule has 0 bridgehead atoms. The third kappa shape index (κ3) is 1.08. The van der Waals surface area contributed by atoms with Crippen LogP contribution in [-0.2, 0) is 13.1 Å². The Hall–Kier alpha value is -1.68. The first-order valence-electron chi connectivity index (χ1n) is 5.24. The Labute approximate surface area is 93.5 Å². The van der Waals surface area contributed by atoms with Crippen LogP contribution in [0.15, 0.2) is 12.1 Å².